The van der Waals surface area contributed by atoms with Gasteiger partial charge in [-0.3, -0.25) is 4.79 Å². The van der Waals surface area contributed by atoms with Gasteiger partial charge in [-0.2, -0.15) is 0 Å². The van der Waals surface area contributed by atoms with Crippen LogP contribution in [0.2, 0.25) is 0 Å². The molecular weight excluding hydrogens is 390 g/mol. The summed E-state index contributed by atoms with van der Waals surface area (Å²) in [6, 6.07) is 17.6. The molecule has 0 amide bonds. The van der Waals surface area contributed by atoms with Gasteiger partial charge < -0.3 is 20.2 Å². The molecule has 1 heterocycles. The maximum atomic E-state index is 12.8. The molecule has 0 aromatic heterocycles. The number of carbonyl (C=O) groups is 1. The maximum absolute atomic E-state index is 12.8. The summed E-state index contributed by atoms with van der Waals surface area (Å²) in [7, 11) is 1.63. The Bertz CT molecular complexity index is 829. The lowest BCUT2D eigenvalue weighted by Gasteiger charge is -2.31. The van der Waals surface area contributed by atoms with Crippen LogP contribution in [0.5, 0.6) is 5.75 Å². The molecule has 6 heteroatoms. The van der Waals surface area contributed by atoms with E-state index in [1.54, 1.807) is 7.11 Å². The van der Waals surface area contributed by atoms with Crippen LogP contribution in [0, 0.1) is 5.92 Å². The quantitative estimate of drug-likeness (QED) is 0.258. The summed E-state index contributed by atoms with van der Waals surface area (Å²) >= 11 is 0. The van der Waals surface area contributed by atoms with Crippen molar-refractivity contribution >= 4 is 11.5 Å². The minimum Gasteiger partial charge on any atom is -0.497 e. The van der Waals surface area contributed by atoms with Gasteiger partial charge in [-0.05, 0) is 75.1 Å². The first-order valence-corrected chi connectivity index (χ1v) is 11.1. The van der Waals surface area contributed by atoms with Gasteiger partial charge in [-0.15, -0.1) is 0 Å². The maximum Gasteiger partial charge on any atom is 0.166 e. The van der Waals surface area contributed by atoms with Crippen molar-refractivity contribution in [2.75, 3.05) is 39.9 Å². The third-order valence-electron chi connectivity index (χ3n) is 5.71. The Morgan fingerprint density at radius 1 is 1.06 bits per heavy atom. The minimum absolute atomic E-state index is 0.107. The molecule has 2 N–H and O–H groups in total. The monoisotopic (exact) mass is 423 g/mol. The topological polar surface area (TPSA) is 77.1 Å². The summed E-state index contributed by atoms with van der Waals surface area (Å²) < 4.78 is 5.18. The lowest BCUT2D eigenvalue weighted by Crippen LogP contribution is -2.37. The van der Waals surface area contributed by atoms with Crippen LogP contribution in [-0.2, 0) is 4.84 Å². The van der Waals surface area contributed by atoms with Crippen LogP contribution in [-0.4, -0.2) is 56.3 Å². The van der Waals surface area contributed by atoms with E-state index in [4.69, 9.17) is 15.3 Å². The van der Waals surface area contributed by atoms with Crippen molar-refractivity contribution in [2.24, 2.45) is 16.8 Å². The Hall–Kier alpha value is -2.70. The molecule has 0 unspecified atom stereocenters. The predicted molar refractivity (Wildman–Crippen MR) is 124 cm³/mol. The highest BCUT2D eigenvalue weighted by molar-refractivity contribution is 6.00. The van der Waals surface area contributed by atoms with Crippen LogP contribution in [0.25, 0.3) is 0 Å². The summed E-state index contributed by atoms with van der Waals surface area (Å²) in [6.45, 7) is 3.77. The van der Waals surface area contributed by atoms with E-state index in [-0.39, 0.29) is 11.7 Å². The van der Waals surface area contributed by atoms with Gasteiger partial charge in [0.2, 0.25) is 0 Å². The Labute approximate surface area is 185 Å². The average Bonchev–Trinajstić information content (AvgIpc) is 2.84. The molecule has 2 aromatic carbocycles. The largest absolute Gasteiger partial charge is 0.497 e. The van der Waals surface area contributed by atoms with Gasteiger partial charge in [0.1, 0.15) is 12.4 Å². The van der Waals surface area contributed by atoms with Crippen molar-refractivity contribution in [1.82, 2.24) is 4.90 Å². The van der Waals surface area contributed by atoms with Gasteiger partial charge in [0, 0.05) is 18.0 Å². The summed E-state index contributed by atoms with van der Waals surface area (Å²) in [6.07, 6.45) is 3.66. The molecule has 3 rings (SSSR count). The average molecular weight is 424 g/mol. The number of ketones is 1. The Kier molecular flexibility index (Phi) is 9.06. The van der Waals surface area contributed by atoms with Gasteiger partial charge in [-0.25, -0.2) is 0 Å². The first-order valence-electron chi connectivity index (χ1n) is 11.1. The summed E-state index contributed by atoms with van der Waals surface area (Å²) in [4.78, 5) is 20.6. The number of ether oxygens (including phenoxy) is 1. The van der Waals surface area contributed by atoms with Crippen molar-refractivity contribution in [2.45, 2.75) is 25.7 Å². The number of nitrogens with zero attached hydrogens (tertiary/aromatic N) is 2. The predicted octanol–water partition coefficient (Wildman–Crippen LogP) is 3.75. The molecule has 1 saturated heterocycles. The first kappa shape index (κ1) is 23.0. The van der Waals surface area contributed by atoms with E-state index in [9.17, 15) is 4.79 Å². The molecule has 1 aliphatic rings. The van der Waals surface area contributed by atoms with E-state index in [0.29, 0.717) is 13.2 Å². The fourth-order valence-electron chi connectivity index (χ4n) is 3.93. The number of hydrogen-bond acceptors (Lipinski definition) is 6. The molecule has 0 spiro atoms. The minimum atomic E-state index is 0.107. The standard InChI is InChI=1S/C25H33N3O3/c1-30-23-11-9-21(10-12-23)25(29)22-13-17-28(18-14-22)16-5-8-24(27-31-19-15-26)20-6-3-2-4-7-20/h2-4,6-7,9-12,22H,5,8,13-19,26H2,1H3. The molecule has 6 nitrogen and oxygen atoms in total. The Morgan fingerprint density at radius 3 is 2.42 bits per heavy atom. The fourth-order valence-corrected chi connectivity index (χ4v) is 3.93. The molecule has 2 aromatic rings. The summed E-state index contributed by atoms with van der Waals surface area (Å²) in [5.41, 5.74) is 8.32. The highest BCUT2D eigenvalue weighted by Crippen LogP contribution is 2.23. The number of oxime groups is 1. The van der Waals surface area contributed by atoms with Crippen LogP contribution in [0.4, 0.5) is 0 Å². The second-order valence-corrected chi connectivity index (χ2v) is 7.84. The molecule has 1 fully saturated rings. The van der Waals surface area contributed by atoms with E-state index in [1.807, 2.05) is 42.5 Å². The van der Waals surface area contributed by atoms with E-state index >= 15 is 0 Å². The highest BCUT2D eigenvalue weighted by atomic mass is 16.6. The summed E-state index contributed by atoms with van der Waals surface area (Å²) in [5.74, 6) is 1.13. The van der Waals surface area contributed by atoms with Gasteiger partial charge in [0.25, 0.3) is 0 Å². The number of carbonyl (C=O) groups excluding carboxylic acids is 1. The molecule has 0 atom stereocenters. The number of likely N-dealkylation sites (tertiary alicyclic amines) is 1. The molecule has 166 valence electrons. The smallest absolute Gasteiger partial charge is 0.166 e. The van der Waals surface area contributed by atoms with Crippen molar-refractivity contribution < 1.29 is 14.4 Å². The first-order chi connectivity index (χ1) is 15.2. The van der Waals surface area contributed by atoms with Crippen molar-refractivity contribution in [3.63, 3.8) is 0 Å². The zero-order valence-electron chi connectivity index (χ0n) is 18.3. The number of methoxy groups -OCH3 is 1. The van der Waals surface area contributed by atoms with E-state index in [1.165, 1.54) is 0 Å². The van der Waals surface area contributed by atoms with Gasteiger partial charge in [-0.1, -0.05) is 35.5 Å². The van der Waals surface area contributed by atoms with Crippen LogP contribution in [0.3, 0.4) is 0 Å². The number of hydrogen-bond donors (Lipinski definition) is 1. The summed E-state index contributed by atoms with van der Waals surface area (Å²) in [5, 5.41) is 4.31. The number of rotatable bonds is 11. The normalized spacial score (nSPS) is 15.6. The van der Waals surface area contributed by atoms with Crippen LogP contribution >= 0.6 is 0 Å². The van der Waals surface area contributed by atoms with E-state index in [2.05, 4.69) is 22.2 Å². The second-order valence-electron chi connectivity index (χ2n) is 7.84. The van der Waals surface area contributed by atoms with Gasteiger partial charge in [0.15, 0.2) is 5.78 Å². The second kappa shape index (κ2) is 12.2. The van der Waals surface area contributed by atoms with Crippen LogP contribution < -0.4 is 10.5 Å². The van der Waals surface area contributed by atoms with E-state index in [0.717, 1.165) is 67.9 Å². The third kappa shape index (κ3) is 6.91. The SMILES string of the molecule is COc1ccc(C(=O)C2CCN(CCCC(=NOCCN)c3ccccc3)CC2)cc1. The Morgan fingerprint density at radius 2 is 1.77 bits per heavy atom. The molecular formula is C25H33N3O3. The van der Waals surface area contributed by atoms with Crippen LogP contribution in [0.15, 0.2) is 59.8 Å². The zero-order valence-corrected chi connectivity index (χ0v) is 18.3. The molecule has 0 aliphatic carbocycles. The number of benzene rings is 2. The number of Topliss-reactive ketones (excluding diaryl/α,β-unsaturated/α-hetero) is 1. The zero-order chi connectivity index (χ0) is 21.9. The number of piperidine rings is 1. The molecule has 0 radical (unpaired) electrons. The van der Waals surface area contributed by atoms with Crippen molar-refractivity contribution in [3.8, 4) is 5.75 Å². The number of nitrogens with two attached hydrogens (primary N) is 1. The molecule has 31 heavy (non-hydrogen) atoms. The molecule has 1 aliphatic heterocycles. The molecule has 0 saturated carbocycles. The van der Waals surface area contributed by atoms with Crippen molar-refractivity contribution in [1.29, 1.82) is 0 Å². The fraction of sp³-hybridized carbons (Fsp3) is 0.440. The molecule has 0 bridgehead atoms. The Balaban J connectivity index is 1.45. The lowest BCUT2D eigenvalue weighted by atomic mass is 9.88. The van der Waals surface area contributed by atoms with E-state index < -0.39 is 0 Å². The van der Waals surface area contributed by atoms with Crippen molar-refractivity contribution in [3.05, 3.63) is 65.7 Å². The van der Waals surface area contributed by atoms with Crippen LogP contribution in [0.1, 0.15) is 41.6 Å². The van der Waals surface area contributed by atoms with Gasteiger partial charge >= 0.3 is 0 Å². The lowest BCUT2D eigenvalue weighted by molar-refractivity contribution is 0.0839. The van der Waals surface area contributed by atoms with Gasteiger partial charge in [0.05, 0.1) is 12.8 Å². The third-order valence-corrected chi connectivity index (χ3v) is 5.71. The highest BCUT2D eigenvalue weighted by Gasteiger charge is 2.25.